The van der Waals surface area contributed by atoms with Crippen molar-refractivity contribution in [2.24, 2.45) is 0 Å². The molecule has 0 aliphatic heterocycles. The summed E-state index contributed by atoms with van der Waals surface area (Å²) in [5.41, 5.74) is 2.19. The Bertz CT molecular complexity index is 521. The Labute approximate surface area is 106 Å². The van der Waals surface area contributed by atoms with E-state index in [1.807, 2.05) is 30.4 Å². The fourth-order valence-corrected chi connectivity index (χ4v) is 1.77. The average molecular weight is 243 g/mol. The van der Waals surface area contributed by atoms with E-state index in [0.29, 0.717) is 19.6 Å². The minimum atomic E-state index is 0.168. The molecule has 2 aromatic rings. The normalized spacial score (nSPS) is 11.4. The van der Waals surface area contributed by atoms with Gasteiger partial charge in [0.25, 0.3) is 0 Å². The van der Waals surface area contributed by atoms with Gasteiger partial charge in [-0.2, -0.15) is 0 Å². The van der Waals surface area contributed by atoms with Gasteiger partial charge in [-0.25, -0.2) is 0 Å². The van der Waals surface area contributed by atoms with Gasteiger partial charge in [-0.1, -0.05) is 30.4 Å². The second-order valence-corrected chi connectivity index (χ2v) is 4.27. The molecular formula is C15H17NO2. The van der Waals surface area contributed by atoms with E-state index in [-0.39, 0.29) is 5.78 Å². The van der Waals surface area contributed by atoms with Gasteiger partial charge in [0.2, 0.25) is 0 Å². The maximum Gasteiger partial charge on any atom is 0.133 e. The first kappa shape index (κ1) is 12.6. The van der Waals surface area contributed by atoms with Crippen molar-refractivity contribution in [1.82, 2.24) is 4.98 Å². The minimum Gasteiger partial charge on any atom is -0.371 e. The van der Waals surface area contributed by atoms with Crippen LogP contribution >= 0.6 is 0 Å². The quantitative estimate of drug-likeness (QED) is 0.625. The fourth-order valence-electron chi connectivity index (χ4n) is 1.77. The maximum atomic E-state index is 10.7. The first-order valence-electron chi connectivity index (χ1n) is 6.04. The van der Waals surface area contributed by atoms with E-state index >= 15 is 0 Å². The number of aromatic nitrogens is 1. The Morgan fingerprint density at radius 1 is 1.33 bits per heavy atom. The molecule has 0 fully saturated rings. The standard InChI is InChI=1S/C15H17NO2/c1-12(17)6-4-5-9-18-11-14-10-13-7-2-3-8-15(13)16-14/h2-5,7-8,10,16H,6,9,11H2,1H3/b5-4+. The number of aromatic amines is 1. The van der Waals surface area contributed by atoms with E-state index in [1.54, 1.807) is 6.92 Å². The van der Waals surface area contributed by atoms with Crippen LogP contribution in [0.25, 0.3) is 10.9 Å². The molecule has 3 heteroatoms. The number of fused-ring (bicyclic) bond motifs is 1. The summed E-state index contributed by atoms with van der Waals surface area (Å²) in [6.07, 6.45) is 4.20. The summed E-state index contributed by atoms with van der Waals surface area (Å²) in [5, 5.41) is 1.20. The second kappa shape index (κ2) is 6.17. The zero-order chi connectivity index (χ0) is 12.8. The molecule has 2 rings (SSSR count). The molecule has 0 radical (unpaired) electrons. The van der Waals surface area contributed by atoms with Gasteiger partial charge in [0.1, 0.15) is 5.78 Å². The lowest BCUT2D eigenvalue weighted by atomic mass is 10.2. The summed E-state index contributed by atoms with van der Waals surface area (Å²) in [6, 6.07) is 10.2. The molecule has 0 spiro atoms. The first-order valence-corrected chi connectivity index (χ1v) is 6.04. The number of benzene rings is 1. The summed E-state index contributed by atoms with van der Waals surface area (Å²) < 4.78 is 5.50. The van der Waals surface area contributed by atoms with Gasteiger partial charge in [0, 0.05) is 17.6 Å². The van der Waals surface area contributed by atoms with Crippen LogP contribution in [0, 0.1) is 0 Å². The van der Waals surface area contributed by atoms with Gasteiger partial charge in [-0.05, 0) is 24.4 Å². The Balaban J connectivity index is 1.80. The summed E-state index contributed by atoms with van der Waals surface area (Å²) in [5.74, 6) is 0.168. The lowest BCUT2D eigenvalue weighted by Crippen LogP contribution is -1.93. The Morgan fingerprint density at radius 3 is 2.94 bits per heavy atom. The molecule has 0 bridgehead atoms. The molecule has 94 valence electrons. The molecule has 0 amide bonds. The van der Waals surface area contributed by atoms with Crippen molar-refractivity contribution in [2.75, 3.05) is 6.61 Å². The zero-order valence-electron chi connectivity index (χ0n) is 10.5. The topological polar surface area (TPSA) is 42.1 Å². The molecule has 1 aromatic heterocycles. The number of allylic oxidation sites excluding steroid dienone is 1. The number of nitrogens with one attached hydrogen (secondary N) is 1. The van der Waals surface area contributed by atoms with Crippen LogP contribution in [0.4, 0.5) is 0 Å². The highest BCUT2D eigenvalue weighted by molar-refractivity contribution is 5.80. The number of rotatable bonds is 6. The van der Waals surface area contributed by atoms with Crippen LogP contribution in [0.5, 0.6) is 0 Å². The summed E-state index contributed by atoms with van der Waals surface area (Å²) in [7, 11) is 0. The summed E-state index contributed by atoms with van der Waals surface area (Å²) in [6.45, 7) is 2.66. The van der Waals surface area contributed by atoms with E-state index in [2.05, 4.69) is 17.1 Å². The highest BCUT2D eigenvalue weighted by Gasteiger charge is 1.98. The van der Waals surface area contributed by atoms with Crippen LogP contribution in [0.3, 0.4) is 0 Å². The average Bonchev–Trinajstić information content (AvgIpc) is 2.75. The molecule has 1 heterocycles. The number of hydrogen-bond acceptors (Lipinski definition) is 2. The number of para-hydroxylation sites is 1. The summed E-state index contributed by atoms with van der Waals surface area (Å²) in [4.78, 5) is 14.0. The second-order valence-electron chi connectivity index (χ2n) is 4.27. The van der Waals surface area contributed by atoms with Crippen molar-refractivity contribution in [1.29, 1.82) is 0 Å². The lowest BCUT2D eigenvalue weighted by Gasteiger charge is -1.97. The number of hydrogen-bond donors (Lipinski definition) is 1. The molecule has 18 heavy (non-hydrogen) atoms. The van der Waals surface area contributed by atoms with Crippen LogP contribution in [-0.2, 0) is 16.1 Å². The van der Waals surface area contributed by atoms with Gasteiger partial charge < -0.3 is 9.72 Å². The number of carbonyl (C=O) groups is 1. The predicted octanol–water partition coefficient (Wildman–Crippen LogP) is 3.22. The third kappa shape index (κ3) is 3.57. The molecule has 0 aliphatic carbocycles. The van der Waals surface area contributed by atoms with Gasteiger partial charge in [-0.15, -0.1) is 0 Å². The number of ketones is 1. The number of Topliss-reactive ketones (excluding diaryl/α,β-unsaturated/α-hetero) is 1. The fraction of sp³-hybridized carbons (Fsp3) is 0.267. The van der Waals surface area contributed by atoms with Crippen molar-refractivity contribution in [3.05, 3.63) is 48.2 Å². The van der Waals surface area contributed by atoms with E-state index < -0.39 is 0 Å². The monoisotopic (exact) mass is 243 g/mol. The van der Waals surface area contributed by atoms with Gasteiger partial charge in [0.05, 0.1) is 13.2 Å². The number of carbonyl (C=O) groups excluding carboxylic acids is 1. The van der Waals surface area contributed by atoms with Crippen molar-refractivity contribution in [3.63, 3.8) is 0 Å². The smallest absolute Gasteiger partial charge is 0.133 e. The van der Waals surface area contributed by atoms with E-state index in [0.717, 1.165) is 11.2 Å². The zero-order valence-corrected chi connectivity index (χ0v) is 10.5. The number of ether oxygens (including phenoxy) is 1. The van der Waals surface area contributed by atoms with Crippen molar-refractivity contribution in [3.8, 4) is 0 Å². The lowest BCUT2D eigenvalue weighted by molar-refractivity contribution is -0.116. The predicted molar refractivity (Wildman–Crippen MR) is 72.4 cm³/mol. The summed E-state index contributed by atoms with van der Waals surface area (Å²) >= 11 is 0. The van der Waals surface area contributed by atoms with Crippen LogP contribution in [0.2, 0.25) is 0 Å². The van der Waals surface area contributed by atoms with E-state index in [1.165, 1.54) is 5.39 Å². The molecular weight excluding hydrogens is 226 g/mol. The number of H-pyrrole nitrogens is 1. The molecule has 0 saturated carbocycles. The SMILES string of the molecule is CC(=O)C/C=C/COCc1cc2ccccc2[nH]1. The third-order valence-electron chi connectivity index (χ3n) is 2.63. The molecule has 0 atom stereocenters. The Hall–Kier alpha value is -1.87. The van der Waals surface area contributed by atoms with Crippen molar-refractivity contribution in [2.45, 2.75) is 20.0 Å². The van der Waals surface area contributed by atoms with Gasteiger partial charge in [-0.3, -0.25) is 4.79 Å². The molecule has 1 aromatic carbocycles. The highest BCUT2D eigenvalue weighted by atomic mass is 16.5. The van der Waals surface area contributed by atoms with Gasteiger partial charge in [0.15, 0.2) is 0 Å². The Morgan fingerprint density at radius 2 is 2.17 bits per heavy atom. The van der Waals surface area contributed by atoms with Crippen molar-refractivity contribution < 1.29 is 9.53 Å². The maximum absolute atomic E-state index is 10.7. The van der Waals surface area contributed by atoms with Crippen LogP contribution in [0.15, 0.2) is 42.5 Å². The highest BCUT2D eigenvalue weighted by Crippen LogP contribution is 2.14. The first-order chi connectivity index (χ1) is 8.75. The van der Waals surface area contributed by atoms with Gasteiger partial charge >= 0.3 is 0 Å². The third-order valence-corrected chi connectivity index (χ3v) is 2.63. The van der Waals surface area contributed by atoms with Crippen LogP contribution < -0.4 is 0 Å². The molecule has 1 N–H and O–H groups in total. The Kier molecular flexibility index (Phi) is 4.31. The molecule has 3 nitrogen and oxygen atoms in total. The van der Waals surface area contributed by atoms with Crippen molar-refractivity contribution >= 4 is 16.7 Å². The molecule has 0 unspecified atom stereocenters. The minimum absolute atomic E-state index is 0.168. The van der Waals surface area contributed by atoms with E-state index in [4.69, 9.17) is 4.74 Å². The van der Waals surface area contributed by atoms with E-state index in [9.17, 15) is 4.79 Å². The van der Waals surface area contributed by atoms with Crippen LogP contribution in [0.1, 0.15) is 19.0 Å². The van der Waals surface area contributed by atoms with Crippen LogP contribution in [-0.4, -0.2) is 17.4 Å². The molecule has 0 saturated heterocycles. The molecule has 0 aliphatic rings. The largest absolute Gasteiger partial charge is 0.371 e.